The zero-order valence-corrected chi connectivity index (χ0v) is 16.2. The third-order valence-electron chi connectivity index (χ3n) is 3.53. The lowest BCUT2D eigenvalue weighted by Crippen LogP contribution is -2.48. The van der Waals surface area contributed by atoms with E-state index in [1.807, 2.05) is 0 Å². The van der Waals surface area contributed by atoms with E-state index < -0.39 is 16.7 Å². The molecule has 0 atom stereocenters. The second kappa shape index (κ2) is 10.7. The number of thiocarbonyl (C=S) groups is 1. The van der Waals surface area contributed by atoms with Crippen LogP contribution in [0, 0.1) is 10.1 Å². The molecule has 0 aromatic heterocycles. The predicted octanol–water partition coefficient (Wildman–Crippen LogP) is 1.57. The van der Waals surface area contributed by atoms with Crippen LogP contribution in [0.1, 0.15) is 20.7 Å². The van der Waals surface area contributed by atoms with Crippen molar-refractivity contribution in [2.45, 2.75) is 0 Å². The van der Waals surface area contributed by atoms with Crippen LogP contribution in [0.4, 0.5) is 5.69 Å². The van der Waals surface area contributed by atoms with Crippen molar-refractivity contribution in [2.75, 3.05) is 20.3 Å². The van der Waals surface area contributed by atoms with Crippen LogP contribution in [0.25, 0.3) is 0 Å². The Bertz CT molecular complexity index is 886. The Kier molecular flexibility index (Phi) is 8.00. The molecular weight excluding hydrogens is 400 g/mol. The van der Waals surface area contributed by atoms with E-state index in [1.165, 1.54) is 24.3 Å². The van der Waals surface area contributed by atoms with Gasteiger partial charge in [0.25, 0.3) is 17.5 Å². The quantitative estimate of drug-likeness (QED) is 0.267. The number of hydrogen-bond donors (Lipinski definition) is 3. The summed E-state index contributed by atoms with van der Waals surface area (Å²) in [6, 6.07) is 11.4. The summed E-state index contributed by atoms with van der Waals surface area (Å²) in [4.78, 5) is 34.2. The van der Waals surface area contributed by atoms with E-state index >= 15 is 0 Å². The Balaban J connectivity index is 1.81. The van der Waals surface area contributed by atoms with Gasteiger partial charge in [-0.25, -0.2) is 0 Å². The van der Waals surface area contributed by atoms with E-state index in [0.717, 1.165) is 0 Å². The van der Waals surface area contributed by atoms with Gasteiger partial charge in [0.05, 0.1) is 11.5 Å². The summed E-state index contributed by atoms with van der Waals surface area (Å²) in [5.41, 5.74) is 5.08. The number of non-ortho nitro benzene ring substituents is 1. The van der Waals surface area contributed by atoms with E-state index in [9.17, 15) is 19.7 Å². The SMILES string of the molecule is COCCOc1ccc(C(=O)NC(=S)NNC(=O)c2ccc([N+](=O)[O-])cc2)cc1. The number of rotatable bonds is 7. The van der Waals surface area contributed by atoms with Gasteiger partial charge in [0.15, 0.2) is 5.11 Å². The molecule has 2 aromatic rings. The van der Waals surface area contributed by atoms with Gasteiger partial charge in [-0.1, -0.05) is 0 Å². The molecule has 0 spiro atoms. The van der Waals surface area contributed by atoms with Crippen molar-refractivity contribution in [1.82, 2.24) is 16.2 Å². The summed E-state index contributed by atoms with van der Waals surface area (Å²) < 4.78 is 10.3. The van der Waals surface area contributed by atoms with Crippen LogP contribution < -0.4 is 20.9 Å². The molecule has 0 saturated heterocycles. The van der Waals surface area contributed by atoms with E-state index in [0.29, 0.717) is 24.5 Å². The molecule has 3 N–H and O–H groups in total. The Morgan fingerprint density at radius 3 is 2.14 bits per heavy atom. The van der Waals surface area contributed by atoms with Crippen LogP contribution >= 0.6 is 12.2 Å². The summed E-state index contributed by atoms with van der Waals surface area (Å²) in [6.07, 6.45) is 0. The van der Waals surface area contributed by atoms with Crippen LogP contribution in [0.5, 0.6) is 5.75 Å². The Morgan fingerprint density at radius 1 is 0.966 bits per heavy atom. The number of nitrogens with one attached hydrogen (secondary N) is 3. The number of carbonyl (C=O) groups is 2. The van der Waals surface area contributed by atoms with Crippen LogP contribution in [0.2, 0.25) is 0 Å². The molecule has 2 rings (SSSR count). The van der Waals surface area contributed by atoms with E-state index in [-0.39, 0.29) is 16.4 Å². The fourth-order valence-corrected chi connectivity index (χ4v) is 2.22. The number of methoxy groups -OCH3 is 1. The number of nitro benzene ring substituents is 1. The number of nitro groups is 1. The van der Waals surface area contributed by atoms with Gasteiger partial charge >= 0.3 is 0 Å². The smallest absolute Gasteiger partial charge is 0.269 e. The highest BCUT2D eigenvalue weighted by atomic mass is 32.1. The number of hydrazine groups is 1. The van der Waals surface area contributed by atoms with Crippen LogP contribution in [0.3, 0.4) is 0 Å². The highest BCUT2D eigenvalue weighted by Gasteiger charge is 2.11. The largest absolute Gasteiger partial charge is 0.491 e. The fraction of sp³-hybridized carbons (Fsp3) is 0.167. The number of carbonyl (C=O) groups excluding carboxylic acids is 2. The van der Waals surface area contributed by atoms with Crippen molar-refractivity contribution < 1.29 is 24.0 Å². The standard InChI is InChI=1S/C18H18N4O6S/c1-27-10-11-28-15-8-4-12(5-9-15)16(23)19-18(29)21-20-17(24)13-2-6-14(7-3-13)22(25)26/h2-9H,10-11H2,1H3,(H,20,24)(H2,19,21,23,29). The molecule has 0 bridgehead atoms. The van der Waals surface area contributed by atoms with Gasteiger partial charge in [-0.05, 0) is 48.6 Å². The minimum atomic E-state index is -0.575. The zero-order valence-electron chi connectivity index (χ0n) is 15.3. The Labute approximate surface area is 171 Å². The van der Waals surface area contributed by atoms with Crippen molar-refractivity contribution in [3.05, 3.63) is 69.8 Å². The molecule has 0 unspecified atom stereocenters. The van der Waals surface area contributed by atoms with Crippen molar-refractivity contribution >= 4 is 34.8 Å². The average molecular weight is 418 g/mol. The topological polar surface area (TPSA) is 132 Å². The second-order valence-electron chi connectivity index (χ2n) is 5.53. The molecule has 0 aliphatic rings. The van der Waals surface area contributed by atoms with E-state index in [2.05, 4.69) is 16.2 Å². The lowest BCUT2D eigenvalue weighted by atomic mass is 10.2. The minimum absolute atomic E-state index is 0.120. The fourth-order valence-electron chi connectivity index (χ4n) is 2.07. The summed E-state index contributed by atoms with van der Waals surface area (Å²) >= 11 is 4.96. The third-order valence-corrected chi connectivity index (χ3v) is 3.73. The number of ether oxygens (including phenoxy) is 2. The first-order valence-electron chi connectivity index (χ1n) is 8.28. The molecule has 0 heterocycles. The average Bonchev–Trinajstić information content (AvgIpc) is 2.72. The van der Waals surface area contributed by atoms with Crippen LogP contribution in [-0.2, 0) is 4.74 Å². The van der Waals surface area contributed by atoms with Gasteiger partial charge in [0, 0.05) is 30.4 Å². The number of nitrogens with zero attached hydrogens (tertiary/aromatic N) is 1. The molecule has 2 amide bonds. The number of hydrogen-bond acceptors (Lipinski definition) is 7. The summed E-state index contributed by atoms with van der Waals surface area (Å²) in [5.74, 6) is -0.459. The van der Waals surface area contributed by atoms with Gasteiger partial charge in [-0.15, -0.1) is 0 Å². The molecular formula is C18H18N4O6S. The second-order valence-corrected chi connectivity index (χ2v) is 5.94. The molecule has 152 valence electrons. The molecule has 0 saturated carbocycles. The first-order chi connectivity index (χ1) is 13.9. The van der Waals surface area contributed by atoms with Gasteiger partial charge in [-0.3, -0.25) is 35.9 Å². The third kappa shape index (κ3) is 6.83. The van der Waals surface area contributed by atoms with E-state index in [1.54, 1.807) is 31.4 Å². The van der Waals surface area contributed by atoms with E-state index in [4.69, 9.17) is 21.7 Å². The van der Waals surface area contributed by atoms with Gasteiger partial charge in [0.1, 0.15) is 12.4 Å². The first-order valence-corrected chi connectivity index (χ1v) is 8.69. The van der Waals surface area contributed by atoms with Crippen LogP contribution in [-0.4, -0.2) is 42.2 Å². The highest BCUT2D eigenvalue weighted by Crippen LogP contribution is 2.12. The molecule has 29 heavy (non-hydrogen) atoms. The predicted molar refractivity (Wildman–Crippen MR) is 108 cm³/mol. The molecule has 11 heteroatoms. The number of amides is 2. The molecule has 0 aliphatic heterocycles. The summed E-state index contributed by atoms with van der Waals surface area (Å²) in [5, 5.41) is 12.9. The highest BCUT2D eigenvalue weighted by molar-refractivity contribution is 7.80. The van der Waals surface area contributed by atoms with Crippen molar-refractivity contribution in [3.63, 3.8) is 0 Å². The van der Waals surface area contributed by atoms with Gasteiger partial charge < -0.3 is 9.47 Å². The molecule has 10 nitrogen and oxygen atoms in total. The summed E-state index contributed by atoms with van der Waals surface area (Å²) in [6.45, 7) is 0.846. The van der Waals surface area contributed by atoms with Crippen molar-refractivity contribution in [3.8, 4) is 5.75 Å². The van der Waals surface area contributed by atoms with Crippen molar-refractivity contribution in [1.29, 1.82) is 0 Å². The zero-order chi connectivity index (χ0) is 21.2. The van der Waals surface area contributed by atoms with Crippen LogP contribution in [0.15, 0.2) is 48.5 Å². The lowest BCUT2D eigenvalue weighted by Gasteiger charge is -2.11. The monoisotopic (exact) mass is 418 g/mol. The maximum Gasteiger partial charge on any atom is 0.269 e. The lowest BCUT2D eigenvalue weighted by molar-refractivity contribution is -0.384. The summed E-state index contributed by atoms with van der Waals surface area (Å²) in [7, 11) is 1.57. The van der Waals surface area contributed by atoms with Gasteiger partial charge in [-0.2, -0.15) is 0 Å². The maximum atomic E-state index is 12.2. The maximum absolute atomic E-state index is 12.2. The van der Waals surface area contributed by atoms with Crippen molar-refractivity contribution in [2.24, 2.45) is 0 Å². The first kappa shape index (κ1) is 21.7. The molecule has 0 aliphatic carbocycles. The molecule has 0 fully saturated rings. The number of benzene rings is 2. The Morgan fingerprint density at radius 2 is 1.55 bits per heavy atom. The minimum Gasteiger partial charge on any atom is -0.491 e. The van der Waals surface area contributed by atoms with Gasteiger partial charge in [0.2, 0.25) is 0 Å². The normalized spacial score (nSPS) is 9.97. The molecule has 2 aromatic carbocycles. The molecule has 0 radical (unpaired) electrons. The Hall–Kier alpha value is -3.57.